The maximum Gasteiger partial charge on any atom is 0.348 e. The summed E-state index contributed by atoms with van der Waals surface area (Å²) in [5.74, 6) is -0.598. The minimum Gasteiger partial charge on any atom is -0.465 e. The molecule has 4 aromatic rings. The third-order valence-corrected chi connectivity index (χ3v) is 6.24. The van der Waals surface area contributed by atoms with Crippen molar-refractivity contribution in [3.63, 3.8) is 0 Å². The number of carbonyl (C=O) groups is 2. The van der Waals surface area contributed by atoms with E-state index in [1.165, 1.54) is 36.9 Å². The van der Waals surface area contributed by atoms with Gasteiger partial charge in [-0.3, -0.25) is 9.97 Å². The Kier molecular flexibility index (Phi) is 6.15. The Morgan fingerprint density at radius 2 is 1.56 bits per heavy atom. The highest BCUT2D eigenvalue weighted by Gasteiger charge is 2.11. The van der Waals surface area contributed by atoms with E-state index in [0.717, 1.165) is 24.6 Å². The van der Waals surface area contributed by atoms with Crippen LogP contribution >= 0.6 is 38.6 Å². The number of methoxy groups -OCH3 is 2. The number of rotatable bonds is 2. The van der Waals surface area contributed by atoms with Crippen molar-refractivity contribution in [2.75, 3.05) is 14.2 Å². The number of thiophene rings is 2. The van der Waals surface area contributed by atoms with E-state index in [2.05, 4.69) is 35.4 Å². The van der Waals surface area contributed by atoms with Gasteiger partial charge < -0.3 is 9.47 Å². The number of hydrogen-bond acceptors (Lipinski definition) is 8. The molecule has 0 aromatic carbocycles. The smallest absolute Gasteiger partial charge is 0.348 e. The number of esters is 2. The third-order valence-electron chi connectivity index (χ3n) is 3.49. The number of ether oxygens (including phenoxy) is 2. The molecule has 138 valence electrons. The van der Waals surface area contributed by atoms with Gasteiger partial charge in [-0.05, 0) is 39.5 Å². The van der Waals surface area contributed by atoms with Gasteiger partial charge in [-0.15, -0.1) is 22.7 Å². The predicted molar refractivity (Wildman–Crippen MR) is 110 cm³/mol. The van der Waals surface area contributed by atoms with Crippen molar-refractivity contribution in [1.29, 1.82) is 0 Å². The second-order valence-corrected chi connectivity index (χ2v) is 8.17. The highest BCUT2D eigenvalue weighted by molar-refractivity contribution is 9.10. The Hall–Kier alpha value is -2.36. The highest BCUT2D eigenvalue weighted by Crippen LogP contribution is 2.30. The molecule has 4 heterocycles. The normalized spacial score (nSPS) is 10.3. The van der Waals surface area contributed by atoms with Gasteiger partial charge in [0, 0.05) is 34.6 Å². The molecule has 0 aliphatic carbocycles. The van der Waals surface area contributed by atoms with Gasteiger partial charge >= 0.3 is 11.9 Å². The molecule has 0 amide bonds. The first kappa shape index (κ1) is 19.4. The van der Waals surface area contributed by atoms with Gasteiger partial charge in [0.25, 0.3) is 0 Å². The number of carbonyl (C=O) groups excluding carboxylic acids is 2. The summed E-state index contributed by atoms with van der Waals surface area (Å²) in [6, 6.07) is 5.49. The lowest BCUT2D eigenvalue weighted by atomic mass is 10.3. The Bertz CT molecular complexity index is 1090. The molecule has 0 fully saturated rings. The number of nitrogens with zero attached hydrogens (tertiary/aromatic N) is 2. The van der Waals surface area contributed by atoms with Gasteiger partial charge in [-0.1, -0.05) is 0 Å². The van der Waals surface area contributed by atoms with Crippen molar-refractivity contribution in [3.05, 3.63) is 57.2 Å². The van der Waals surface area contributed by atoms with Gasteiger partial charge in [0.15, 0.2) is 0 Å². The number of fused-ring (bicyclic) bond motifs is 2. The molecule has 0 unspecified atom stereocenters. The average Bonchev–Trinajstić information content (AvgIpc) is 3.32. The van der Waals surface area contributed by atoms with Crippen molar-refractivity contribution in [2.24, 2.45) is 0 Å². The van der Waals surface area contributed by atoms with Crippen LogP contribution in [-0.2, 0) is 9.47 Å². The van der Waals surface area contributed by atoms with Gasteiger partial charge in [0.05, 0.1) is 23.6 Å². The molecular formula is C18H13BrN2O4S2. The number of halogens is 1. The summed E-state index contributed by atoms with van der Waals surface area (Å²) in [4.78, 5) is 31.6. The summed E-state index contributed by atoms with van der Waals surface area (Å²) >= 11 is 6.14. The lowest BCUT2D eigenvalue weighted by Crippen LogP contribution is -1.96. The van der Waals surface area contributed by atoms with Gasteiger partial charge in [-0.25, -0.2) is 9.59 Å². The molecule has 0 aliphatic rings. The van der Waals surface area contributed by atoms with Crippen molar-refractivity contribution in [2.45, 2.75) is 0 Å². The molecule has 0 aliphatic heterocycles. The lowest BCUT2D eigenvalue weighted by molar-refractivity contribution is 0.0597. The fourth-order valence-electron chi connectivity index (χ4n) is 2.21. The Labute approximate surface area is 170 Å². The van der Waals surface area contributed by atoms with Crippen molar-refractivity contribution < 1.29 is 19.1 Å². The maximum atomic E-state index is 11.2. The van der Waals surface area contributed by atoms with E-state index >= 15 is 0 Å². The summed E-state index contributed by atoms with van der Waals surface area (Å²) in [6.07, 6.45) is 6.88. The fourth-order valence-corrected chi connectivity index (χ4v) is 4.71. The van der Waals surface area contributed by atoms with Crippen LogP contribution < -0.4 is 0 Å². The van der Waals surface area contributed by atoms with Crippen molar-refractivity contribution in [3.8, 4) is 0 Å². The number of aromatic nitrogens is 2. The van der Waals surface area contributed by atoms with Crippen LogP contribution in [0.3, 0.4) is 0 Å². The molecule has 0 radical (unpaired) electrons. The minimum absolute atomic E-state index is 0.291. The predicted octanol–water partition coefficient (Wildman–Crippen LogP) is 4.93. The second-order valence-electron chi connectivity index (χ2n) is 5.15. The Balaban J connectivity index is 0.000000156. The average molecular weight is 465 g/mol. The van der Waals surface area contributed by atoms with Crippen LogP contribution in [0.25, 0.3) is 20.2 Å². The molecule has 0 bridgehead atoms. The van der Waals surface area contributed by atoms with Crippen LogP contribution in [-0.4, -0.2) is 36.1 Å². The monoisotopic (exact) mass is 464 g/mol. The summed E-state index contributed by atoms with van der Waals surface area (Å²) in [5, 5.41) is 2.02. The summed E-state index contributed by atoms with van der Waals surface area (Å²) in [7, 11) is 2.75. The lowest BCUT2D eigenvalue weighted by Gasteiger charge is -1.90. The quantitative estimate of drug-likeness (QED) is 0.391. The van der Waals surface area contributed by atoms with E-state index in [1.807, 2.05) is 12.1 Å². The topological polar surface area (TPSA) is 78.4 Å². The van der Waals surface area contributed by atoms with Gasteiger partial charge in [0.2, 0.25) is 0 Å². The van der Waals surface area contributed by atoms with Crippen LogP contribution in [0.1, 0.15) is 19.3 Å². The Morgan fingerprint density at radius 1 is 0.926 bits per heavy atom. The van der Waals surface area contributed by atoms with Crippen LogP contribution in [0.2, 0.25) is 0 Å². The molecule has 9 heteroatoms. The first-order valence-corrected chi connectivity index (χ1v) is 9.99. The van der Waals surface area contributed by atoms with E-state index in [-0.39, 0.29) is 11.9 Å². The molecule has 6 nitrogen and oxygen atoms in total. The first-order chi connectivity index (χ1) is 13.0. The number of hydrogen-bond donors (Lipinski definition) is 0. The molecule has 0 atom stereocenters. The summed E-state index contributed by atoms with van der Waals surface area (Å²) in [5.41, 5.74) is 0. The van der Waals surface area contributed by atoms with Crippen LogP contribution in [0.15, 0.2) is 47.5 Å². The summed E-state index contributed by atoms with van der Waals surface area (Å²) < 4.78 is 12.1. The van der Waals surface area contributed by atoms with Crippen LogP contribution in [0, 0.1) is 0 Å². The Morgan fingerprint density at radius 3 is 2.19 bits per heavy atom. The van der Waals surface area contributed by atoms with Crippen LogP contribution in [0.4, 0.5) is 0 Å². The second kappa shape index (κ2) is 8.55. The maximum absolute atomic E-state index is 11.2. The first-order valence-electron chi connectivity index (χ1n) is 7.56. The van der Waals surface area contributed by atoms with E-state index < -0.39 is 0 Å². The zero-order valence-corrected chi connectivity index (χ0v) is 17.5. The molecule has 0 N–H and O–H groups in total. The fraction of sp³-hybridized carbons (Fsp3) is 0.111. The van der Waals surface area contributed by atoms with Crippen LogP contribution in [0.5, 0.6) is 0 Å². The largest absolute Gasteiger partial charge is 0.465 e. The third kappa shape index (κ3) is 4.32. The van der Waals surface area contributed by atoms with E-state index in [9.17, 15) is 9.59 Å². The van der Waals surface area contributed by atoms with Crippen molar-refractivity contribution >= 4 is 70.7 Å². The van der Waals surface area contributed by atoms with E-state index in [1.54, 1.807) is 30.9 Å². The molecule has 27 heavy (non-hydrogen) atoms. The molecule has 0 saturated carbocycles. The zero-order chi connectivity index (χ0) is 19.4. The SMILES string of the molecule is COC(=O)c1cc2c(Br)cncc2s1.COC(=O)c1cc2ccncc2s1. The molecule has 0 saturated heterocycles. The van der Waals surface area contributed by atoms with Crippen molar-refractivity contribution in [1.82, 2.24) is 9.97 Å². The number of pyridine rings is 2. The highest BCUT2D eigenvalue weighted by atomic mass is 79.9. The molecule has 0 spiro atoms. The van der Waals surface area contributed by atoms with Gasteiger partial charge in [-0.2, -0.15) is 0 Å². The zero-order valence-electron chi connectivity index (χ0n) is 14.3. The molecular weight excluding hydrogens is 452 g/mol. The van der Waals surface area contributed by atoms with E-state index in [4.69, 9.17) is 0 Å². The van der Waals surface area contributed by atoms with Gasteiger partial charge in [0.1, 0.15) is 9.75 Å². The molecule has 4 rings (SSSR count). The standard InChI is InChI=1S/C9H6BrNO2S.C9H7NO2S/c1-13-9(12)7-2-5-6(10)3-11-4-8(5)14-7;1-12-9(11)7-4-6-2-3-10-5-8(6)13-7/h2-4H,1H3;2-5H,1H3. The minimum atomic E-state index is -0.307. The van der Waals surface area contributed by atoms with E-state index in [0.29, 0.717) is 9.75 Å². The molecule has 4 aromatic heterocycles. The summed E-state index contributed by atoms with van der Waals surface area (Å²) in [6.45, 7) is 0.